The fourth-order valence-electron chi connectivity index (χ4n) is 4.17. The van der Waals surface area contributed by atoms with Crippen LogP contribution >= 0.6 is 11.6 Å². The third-order valence-corrected chi connectivity index (χ3v) is 6.18. The van der Waals surface area contributed by atoms with Crippen molar-refractivity contribution in [1.29, 1.82) is 0 Å². The second kappa shape index (κ2) is 9.34. The number of hydrogen-bond donors (Lipinski definition) is 3. The highest BCUT2D eigenvalue weighted by atomic mass is 35.5. The van der Waals surface area contributed by atoms with E-state index in [9.17, 15) is 4.79 Å². The summed E-state index contributed by atoms with van der Waals surface area (Å²) in [4.78, 5) is 26.6. The number of pyridine rings is 1. The molecule has 170 valence electrons. The molecule has 0 spiro atoms. The Balaban J connectivity index is 1.63. The van der Waals surface area contributed by atoms with Gasteiger partial charge in [-0.1, -0.05) is 18.5 Å². The summed E-state index contributed by atoms with van der Waals surface area (Å²) >= 11 is 6.51. The van der Waals surface area contributed by atoms with Crippen LogP contribution in [-0.4, -0.2) is 65.1 Å². The normalized spacial score (nSPS) is 16.5. The highest BCUT2D eigenvalue weighted by molar-refractivity contribution is 6.34. The molecule has 0 unspecified atom stereocenters. The quantitative estimate of drug-likeness (QED) is 0.503. The van der Waals surface area contributed by atoms with E-state index >= 15 is 0 Å². The summed E-state index contributed by atoms with van der Waals surface area (Å²) < 4.78 is 5.71. The Labute approximate surface area is 192 Å². The lowest BCUT2D eigenvalue weighted by Gasteiger charge is -2.16. The summed E-state index contributed by atoms with van der Waals surface area (Å²) in [6, 6.07) is 4.32. The van der Waals surface area contributed by atoms with Crippen LogP contribution in [0.1, 0.15) is 24.5 Å². The molecule has 3 heterocycles. The molecular weight excluding hydrogens is 428 g/mol. The molecule has 1 aromatic carbocycles. The molecule has 9 heteroatoms. The highest BCUT2D eigenvalue weighted by Gasteiger charge is 2.23. The molecule has 3 N–H and O–H groups in total. The summed E-state index contributed by atoms with van der Waals surface area (Å²) in [5, 5.41) is 6.72. The van der Waals surface area contributed by atoms with Crippen LogP contribution in [0.4, 0.5) is 5.69 Å². The van der Waals surface area contributed by atoms with Gasteiger partial charge in [-0.25, -0.2) is 9.97 Å². The lowest BCUT2D eigenvalue weighted by Crippen LogP contribution is -2.26. The maximum atomic E-state index is 11.5. The highest BCUT2D eigenvalue weighted by Crippen LogP contribution is 2.34. The molecule has 32 heavy (non-hydrogen) atoms. The Morgan fingerprint density at radius 2 is 2.09 bits per heavy atom. The van der Waals surface area contributed by atoms with E-state index in [1.165, 1.54) is 0 Å². The van der Waals surface area contributed by atoms with Gasteiger partial charge in [0.2, 0.25) is 0 Å². The number of aromatic nitrogens is 3. The zero-order valence-corrected chi connectivity index (χ0v) is 19.6. The first-order valence-corrected chi connectivity index (χ1v) is 11.3. The lowest BCUT2D eigenvalue weighted by atomic mass is 10.1. The zero-order chi connectivity index (χ0) is 22.8. The summed E-state index contributed by atoms with van der Waals surface area (Å²) in [6.07, 6.45) is 2.73. The number of H-pyrrole nitrogens is 1. The van der Waals surface area contributed by atoms with E-state index < -0.39 is 0 Å². The number of likely N-dealkylation sites (N-methyl/N-ethyl adjacent to an activating group) is 2. The third kappa shape index (κ3) is 4.52. The number of ether oxygens (including phenoxy) is 1. The molecule has 8 nitrogen and oxygen atoms in total. The maximum Gasteiger partial charge on any atom is 0.257 e. The number of aryl methyl sites for hydroxylation is 2. The van der Waals surface area contributed by atoms with Gasteiger partial charge in [0.25, 0.3) is 5.91 Å². The Morgan fingerprint density at radius 1 is 1.34 bits per heavy atom. The van der Waals surface area contributed by atoms with Crippen molar-refractivity contribution in [1.82, 2.24) is 25.2 Å². The number of nitrogens with one attached hydrogen (secondary N) is 3. The Hall–Kier alpha value is -2.84. The SMILES string of the molecule is CCN1CC[C@H](Nc2c(Cl)cnc3[nH]c(-c4cc(C)c(OCC(=O)NC)c(C)c4)nc23)C1. The number of aromatic amines is 1. The first kappa shape index (κ1) is 22.4. The van der Waals surface area contributed by atoms with Crippen molar-refractivity contribution in [2.24, 2.45) is 0 Å². The van der Waals surface area contributed by atoms with Crippen molar-refractivity contribution in [2.45, 2.75) is 33.2 Å². The summed E-state index contributed by atoms with van der Waals surface area (Å²) in [7, 11) is 1.59. The van der Waals surface area contributed by atoms with Crippen molar-refractivity contribution >= 4 is 34.4 Å². The second-order valence-corrected chi connectivity index (χ2v) is 8.60. The van der Waals surface area contributed by atoms with E-state index in [0.717, 1.165) is 53.9 Å². The van der Waals surface area contributed by atoms with Gasteiger partial charge >= 0.3 is 0 Å². The molecule has 0 radical (unpaired) electrons. The van der Waals surface area contributed by atoms with Gasteiger partial charge in [-0.3, -0.25) is 4.79 Å². The average Bonchev–Trinajstić information content (AvgIpc) is 3.41. The minimum atomic E-state index is -0.169. The molecule has 1 aliphatic heterocycles. The molecule has 1 fully saturated rings. The number of halogens is 1. The third-order valence-electron chi connectivity index (χ3n) is 5.90. The second-order valence-electron chi connectivity index (χ2n) is 8.19. The minimum absolute atomic E-state index is 0.0176. The molecule has 0 aliphatic carbocycles. The number of imidazole rings is 1. The molecule has 4 rings (SSSR count). The molecule has 1 atom stereocenters. The standard InChI is InChI=1S/C23H29ClN6O2/c1-5-30-7-6-16(11-30)27-19-17(24)10-26-23-20(19)28-22(29-23)15-8-13(2)21(14(3)9-15)32-12-18(31)25-4/h8-10,16H,5-7,11-12H2,1-4H3,(H,25,31)(H2,26,27,28,29)/t16-/m0/s1. The summed E-state index contributed by atoms with van der Waals surface area (Å²) in [6.45, 7) is 9.20. The fourth-order valence-corrected chi connectivity index (χ4v) is 4.36. The molecule has 2 aromatic heterocycles. The number of rotatable bonds is 7. The van der Waals surface area contributed by atoms with Gasteiger partial charge in [0.1, 0.15) is 17.1 Å². The number of benzene rings is 1. The van der Waals surface area contributed by atoms with Crippen molar-refractivity contribution in [2.75, 3.05) is 38.6 Å². The van der Waals surface area contributed by atoms with E-state index in [2.05, 4.69) is 32.4 Å². The number of carbonyl (C=O) groups excluding carboxylic acids is 1. The van der Waals surface area contributed by atoms with Gasteiger partial charge in [0, 0.05) is 31.7 Å². The van der Waals surface area contributed by atoms with Crippen LogP contribution in [0.3, 0.4) is 0 Å². The number of carbonyl (C=O) groups is 1. The van der Waals surface area contributed by atoms with Gasteiger partial charge in [-0.15, -0.1) is 0 Å². The summed E-state index contributed by atoms with van der Waals surface area (Å²) in [5.41, 5.74) is 5.02. The minimum Gasteiger partial charge on any atom is -0.483 e. The van der Waals surface area contributed by atoms with Crippen LogP contribution in [0, 0.1) is 13.8 Å². The maximum absolute atomic E-state index is 11.5. The molecule has 0 bridgehead atoms. The first-order chi connectivity index (χ1) is 15.4. The van der Waals surface area contributed by atoms with Crippen molar-refractivity contribution in [3.05, 3.63) is 34.5 Å². The van der Waals surface area contributed by atoms with E-state index in [-0.39, 0.29) is 12.5 Å². The van der Waals surface area contributed by atoms with E-state index in [0.29, 0.717) is 28.3 Å². The van der Waals surface area contributed by atoms with Crippen molar-refractivity contribution < 1.29 is 9.53 Å². The summed E-state index contributed by atoms with van der Waals surface area (Å²) in [5.74, 6) is 1.25. The van der Waals surface area contributed by atoms with Crippen molar-refractivity contribution in [3.8, 4) is 17.1 Å². The topological polar surface area (TPSA) is 95.2 Å². The Bertz CT molecular complexity index is 1120. The molecule has 3 aromatic rings. The van der Waals surface area contributed by atoms with Gasteiger partial charge in [0.05, 0.1) is 16.9 Å². The number of anilines is 1. The number of likely N-dealkylation sites (tertiary alicyclic amines) is 1. The first-order valence-electron chi connectivity index (χ1n) is 10.9. The Morgan fingerprint density at radius 3 is 2.75 bits per heavy atom. The molecule has 0 saturated carbocycles. The predicted molar refractivity (Wildman–Crippen MR) is 128 cm³/mol. The van der Waals surface area contributed by atoms with Crippen LogP contribution in [0.15, 0.2) is 18.3 Å². The monoisotopic (exact) mass is 456 g/mol. The Kier molecular flexibility index (Phi) is 6.53. The number of hydrogen-bond acceptors (Lipinski definition) is 6. The zero-order valence-electron chi connectivity index (χ0n) is 18.9. The predicted octanol–water partition coefficient (Wildman–Crippen LogP) is 3.53. The van der Waals surface area contributed by atoms with Crippen LogP contribution in [0.5, 0.6) is 5.75 Å². The van der Waals surface area contributed by atoms with Crippen molar-refractivity contribution in [3.63, 3.8) is 0 Å². The van der Waals surface area contributed by atoms with Crippen LogP contribution in [0.2, 0.25) is 5.02 Å². The van der Waals surface area contributed by atoms with Crippen LogP contribution < -0.4 is 15.4 Å². The molecule has 1 aliphatic rings. The fraction of sp³-hybridized carbons (Fsp3) is 0.435. The number of nitrogens with zero attached hydrogens (tertiary/aromatic N) is 3. The molecule has 1 saturated heterocycles. The molecular formula is C23H29ClN6O2. The average molecular weight is 457 g/mol. The van der Waals surface area contributed by atoms with Gasteiger partial charge in [-0.2, -0.15) is 0 Å². The number of amides is 1. The number of fused-ring (bicyclic) bond motifs is 1. The van der Waals surface area contributed by atoms with E-state index in [1.807, 2.05) is 26.0 Å². The molecule has 1 amide bonds. The lowest BCUT2D eigenvalue weighted by molar-refractivity contribution is -0.122. The van der Waals surface area contributed by atoms with Gasteiger partial charge in [-0.05, 0) is 50.1 Å². The smallest absolute Gasteiger partial charge is 0.257 e. The largest absolute Gasteiger partial charge is 0.483 e. The van der Waals surface area contributed by atoms with E-state index in [1.54, 1.807) is 13.2 Å². The van der Waals surface area contributed by atoms with E-state index in [4.69, 9.17) is 21.3 Å². The van der Waals surface area contributed by atoms with Crippen LogP contribution in [0.25, 0.3) is 22.6 Å². The van der Waals surface area contributed by atoms with Gasteiger partial charge in [0.15, 0.2) is 12.3 Å². The van der Waals surface area contributed by atoms with Crippen LogP contribution in [-0.2, 0) is 4.79 Å². The van der Waals surface area contributed by atoms with Gasteiger partial charge < -0.3 is 25.3 Å².